The second-order valence-electron chi connectivity index (χ2n) is 3.29. The SMILES string of the molecule is Fc1cccc(CC(Cl)c2cncs2)c1F. The van der Waals surface area contributed by atoms with Crippen molar-refractivity contribution in [1.29, 1.82) is 0 Å². The van der Waals surface area contributed by atoms with Crippen LogP contribution in [0.5, 0.6) is 0 Å². The maximum Gasteiger partial charge on any atom is 0.162 e. The summed E-state index contributed by atoms with van der Waals surface area (Å²) >= 11 is 7.49. The molecule has 0 saturated carbocycles. The quantitative estimate of drug-likeness (QED) is 0.761. The molecule has 1 nitrogen and oxygen atoms in total. The number of halogens is 3. The fourth-order valence-electron chi connectivity index (χ4n) is 1.38. The molecule has 0 spiro atoms. The molecule has 5 heteroatoms. The molecule has 84 valence electrons. The summed E-state index contributed by atoms with van der Waals surface area (Å²) in [5, 5.41) is -0.371. The Bertz CT molecular complexity index is 473. The van der Waals surface area contributed by atoms with Crippen molar-refractivity contribution in [2.45, 2.75) is 11.8 Å². The van der Waals surface area contributed by atoms with Gasteiger partial charge in [-0.3, -0.25) is 4.98 Å². The first kappa shape index (κ1) is 11.5. The Morgan fingerprint density at radius 1 is 1.38 bits per heavy atom. The van der Waals surface area contributed by atoms with Crippen molar-refractivity contribution >= 4 is 22.9 Å². The van der Waals surface area contributed by atoms with E-state index in [9.17, 15) is 8.78 Å². The van der Waals surface area contributed by atoms with Gasteiger partial charge in [-0.25, -0.2) is 8.78 Å². The molecule has 1 heterocycles. The fourth-order valence-corrected chi connectivity index (χ4v) is 2.35. The highest BCUT2D eigenvalue weighted by Gasteiger charge is 2.15. The summed E-state index contributed by atoms with van der Waals surface area (Å²) in [7, 11) is 0. The van der Waals surface area contributed by atoms with E-state index in [2.05, 4.69) is 4.98 Å². The lowest BCUT2D eigenvalue weighted by atomic mass is 10.1. The lowest BCUT2D eigenvalue weighted by Crippen LogP contribution is -1.98. The van der Waals surface area contributed by atoms with E-state index >= 15 is 0 Å². The Kier molecular flexibility index (Phi) is 3.51. The van der Waals surface area contributed by atoms with Crippen molar-refractivity contribution in [2.24, 2.45) is 0 Å². The summed E-state index contributed by atoms with van der Waals surface area (Å²) in [5.41, 5.74) is 1.94. The van der Waals surface area contributed by atoms with Crippen LogP contribution in [0.2, 0.25) is 0 Å². The van der Waals surface area contributed by atoms with Crippen LogP contribution >= 0.6 is 22.9 Å². The summed E-state index contributed by atoms with van der Waals surface area (Å²) < 4.78 is 26.3. The van der Waals surface area contributed by atoms with E-state index in [4.69, 9.17) is 11.6 Å². The van der Waals surface area contributed by atoms with Gasteiger partial charge in [0.1, 0.15) is 0 Å². The smallest absolute Gasteiger partial charge is 0.162 e. The number of thiazole rings is 1. The van der Waals surface area contributed by atoms with Crippen LogP contribution in [0.25, 0.3) is 0 Å². The van der Waals surface area contributed by atoms with E-state index in [-0.39, 0.29) is 17.4 Å². The third-order valence-corrected chi connectivity index (χ3v) is 3.60. The standard InChI is InChI=1S/C11H8ClF2NS/c12-8(10-5-15-6-16-10)4-7-2-1-3-9(13)11(7)14/h1-3,5-6,8H,4H2. The van der Waals surface area contributed by atoms with Crippen LogP contribution in [0.15, 0.2) is 29.9 Å². The Morgan fingerprint density at radius 3 is 2.88 bits per heavy atom. The molecular weight excluding hydrogens is 252 g/mol. The first-order valence-electron chi connectivity index (χ1n) is 4.64. The maximum atomic E-state index is 13.4. The molecule has 0 bridgehead atoms. The normalized spacial score (nSPS) is 12.7. The summed E-state index contributed by atoms with van der Waals surface area (Å²) in [6.45, 7) is 0. The van der Waals surface area contributed by atoms with Gasteiger partial charge < -0.3 is 0 Å². The van der Waals surface area contributed by atoms with Gasteiger partial charge in [0, 0.05) is 11.1 Å². The summed E-state index contributed by atoms with van der Waals surface area (Å²) in [4.78, 5) is 4.74. The second-order valence-corrected chi connectivity index (χ2v) is 4.73. The second kappa shape index (κ2) is 4.89. The molecule has 2 aromatic rings. The summed E-state index contributed by atoms with van der Waals surface area (Å²) in [6, 6.07) is 4.10. The fraction of sp³-hybridized carbons (Fsp3) is 0.182. The highest BCUT2D eigenvalue weighted by atomic mass is 35.5. The number of hydrogen-bond acceptors (Lipinski definition) is 2. The van der Waals surface area contributed by atoms with Gasteiger partial charge in [-0.15, -0.1) is 22.9 Å². The topological polar surface area (TPSA) is 12.9 Å². The average Bonchev–Trinajstić information content (AvgIpc) is 2.78. The van der Waals surface area contributed by atoms with Crippen molar-refractivity contribution in [3.05, 3.63) is 52.0 Å². The highest BCUT2D eigenvalue weighted by molar-refractivity contribution is 7.09. The van der Waals surface area contributed by atoms with Gasteiger partial charge in [0.15, 0.2) is 11.6 Å². The molecule has 0 amide bonds. The Morgan fingerprint density at radius 2 is 2.19 bits per heavy atom. The van der Waals surface area contributed by atoms with Gasteiger partial charge in [-0.05, 0) is 18.1 Å². The van der Waals surface area contributed by atoms with E-state index in [1.807, 2.05) is 0 Å². The van der Waals surface area contributed by atoms with Crippen LogP contribution in [0.4, 0.5) is 8.78 Å². The number of alkyl halides is 1. The third-order valence-electron chi connectivity index (χ3n) is 2.19. The van der Waals surface area contributed by atoms with Gasteiger partial charge in [0.25, 0.3) is 0 Å². The van der Waals surface area contributed by atoms with Crippen molar-refractivity contribution in [2.75, 3.05) is 0 Å². The molecule has 1 unspecified atom stereocenters. The van der Waals surface area contributed by atoms with Crippen molar-refractivity contribution in [3.8, 4) is 0 Å². The van der Waals surface area contributed by atoms with Crippen LogP contribution < -0.4 is 0 Å². The first-order chi connectivity index (χ1) is 7.68. The van der Waals surface area contributed by atoms with Crippen LogP contribution in [0.3, 0.4) is 0 Å². The Hall–Kier alpha value is -1.00. The van der Waals surface area contributed by atoms with Crippen molar-refractivity contribution in [1.82, 2.24) is 4.98 Å². The first-order valence-corrected chi connectivity index (χ1v) is 5.95. The zero-order chi connectivity index (χ0) is 11.5. The molecule has 2 rings (SSSR count). The van der Waals surface area contributed by atoms with Crippen LogP contribution in [0, 0.1) is 11.6 Å². The summed E-state index contributed by atoms with van der Waals surface area (Å²) in [6.07, 6.45) is 1.90. The molecule has 0 saturated heterocycles. The number of benzene rings is 1. The maximum absolute atomic E-state index is 13.4. The minimum Gasteiger partial charge on any atom is -0.253 e. The molecule has 0 aliphatic rings. The van der Waals surface area contributed by atoms with Gasteiger partial charge in [-0.1, -0.05) is 12.1 Å². The molecule has 1 aromatic heterocycles. The van der Waals surface area contributed by atoms with Gasteiger partial charge in [0.05, 0.1) is 10.9 Å². The van der Waals surface area contributed by atoms with Crippen molar-refractivity contribution in [3.63, 3.8) is 0 Å². The lowest BCUT2D eigenvalue weighted by molar-refractivity contribution is 0.498. The Balaban J connectivity index is 2.18. The van der Waals surface area contributed by atoms with Gasteiger partial charge in [0.2, 0.25) is 0 Å². The monoisotopic (exact) mass is 259 g/mol. The zero-order valence-corrected chi connectivity index (χ0v) is 9.73. The van der Waals surface area contributed by atoms with E-state index in [0.717, 1.165) is 10.9 Å². The van der Waals surface area contributed by atoms with E-state index in [0.29, 0.717) is 0 Å². The van der Waals surface area contributed by atoms with E-state index in [1.54, 1.807) is 11.7 Å². The zero-order valence-electron chi connectivity index (χ0n) is 8.16. The molecule has 0 aliphatic carbocycles. The van der Waals surface area contributed by atoms with Crippen LogP contribution in [-0.2, 0) is 6.42 Å². The highest BCUT2D eigenvalue weighted by Crippen LogP contribution is 2.28. The predicted molar refractivity (Wildman–Crippen MR) is 60.8 cm³/mol. The number of rotatable bonds is 3. The Labute approximate surface area is 101 Å². The van der Waals surface area contributed by atoms with E-state index in [1.165, 1.54) is 23.5 Å². The minimum atomic E-state index is -0.842. The molecule has 0 radical (unpaired) electrons. The largest absolute Gasteiger partial charge is 0.253 e. The molecule has 0 N–H and O–H groups in total. The van der Waals surface area contributed by atoms with Gasteiger partial charge >= 0.3 is 0 Å². The average molecular weight is 260 g/mol. The van der Waals surface area contributed by atoms with E-state index < -0.39 is 11.6 Å². The molecular formula is C11H8ClF2NS. The number of hydrogen-bond donors (Lipinski definition) is 0. The molecule has 1 atom stereocenters. The number of aromatic nitrogens is 1. The molecule has 1 aromatic carbocycles. The predicted octanol–water partition coefficient (Wildman–Crippen LogP) is 3.94. The van der Waals surface area contributed by atoms with Gasteiger partial charge in [-0.2, -0.15) is 0 Å². The minimum absolute atomic E-state index is 0.257. The molecule has 0 fully saturated rings. The van der Waals surface area contributed by atoms with Crippen molar-refractivity contribution < 1.29 is 8.78 Å². The molecule has 0 aliphatic heterocycles. The summed E-state index contributed by atoms with van der Waals surface area (Å²) in [5.74, 6) is -1.66. The third kappa shape index (κ3) is 2.39. The molecule has 16 heavy (non-hydrogen) atoms. The number of nitrogens with zero attached hydrogens (tertiary/aromatic N) is 1. The van der Waals surface area contributed by atoms with Crippen LogP contribution in [0.1, 0.15) is 15.8 Å². The van der Waals surface area contributed by atoms with Crippen LogP contribution in [-0.4, -0.2) is 4.98 Å². The lowest BCUT2D eigenvalue weighted by Gasteiger charge is -2.07.